The lowest BCUT2D eigenvalue weighted by atomic mass is 10.0. The molecule has 1 amide bonds. The number of aromatic nitrogens is 1. The number of H-pyrrole nitrogens is 1. The summed E-state index contributed by atoms with van der Waals surface area (Å²) >= 11 is 0. The summed E-state index contributed by atoms with van der Waals surface area (Å²) in [4.78, 5) is 14.8. The topological polar surface area (TPSA) is 77.2 Å². The Bertz CT molecular complexity index is 1120. The minimum atomic E-state index is -0.510. The van der Waals surface area contributed by atoms with Gasteiger partial charge in [-0.3, -0.25) is 10.0 Å². The zero-order valence-electron chi connectivity index (χ0n) is 16.0. The van der Waals surface area contributed by atoms with Gasteiger partial charge in [0.15, 0.2) is 0 Å². The highest BCUT2D eigenvalue weighted by atomic mass is 16.5. The van der Waals surface area contributed by atoms with Crippen molar-refractivity contribution >= 4 is 16.8 Å². The maximum atomic E-state index is 11.4. The molecule has 0 atom stereocenters. The van der Waals surface area contributed by atoms with E-state index in [0.29, 0.717) is 5.56 Å². The molecule has 4 N–H and O–H groups in total. The van der Waals surface area contributed by atoms with Crippen molar-refractivity contribution in [3.63, 3.8) is 0 Å². The van der Waals surface area contributed by atoms with Gasteiger partial charge in [-0.2, -0.15) is 0 Å². The molecule has 5 heteroatoms. The van der Waals surface area contributed by atoms with E-state index in [0.717, 1.165) is 30.6 Å². The van der Waals surface area contributed by atoms with Crippen molar-refractivity contribution < 1.29 is 10.0 Å². The van der Waals surface area contributed by atoms with Crippen LogP contribution in [-0.4, -0.2) is 22.6 Å². The molecule has 146 valence electrons. The molecule has 0 aliphatic rings. The van der Waals surface area contributed by atoms with Gasteiger partial charge < -0.3 is 10.3 Å². The van der Waals surface area contributed by atoms with Crippen molar-refractivity contribution in [1.82, 2.24) is 15.8 Å². The molecule has 4 rings (SSSR count). The maximum Gasteiger partial charge on any atom is 0.274 e. The van der Waals surface area contributed by atoms with Gasteiger partial charge in [-0.05, 0) is 59.5 Å². The molecule has 1 heterocycles. The number of nitrogens with one attached hydrogen (secondary N) is 3. The van der Waals surface area contributed by atoms with Crippen LogP contribution in [0, 0.1) is 0 Å². The van der Waals surface area contributed by atoms with E-state index in [1.807, 2.05) is 24.3 Å². The van der Waals surface area contributed by atoms with Crippen LogP contribution in [0.15, 0.2) is 79.0 Å². The molecule has 0 saturated carbocycles. The highest BCUT2D eigenvalue weighted by Gasteiger charge is 2.05. The second kappa shape index (κ2) is 8.73. The van der Waals surface area contributed by atoms with Crippen LogP contribution in [0.5, 0.6) is 0 Å². The summed E-state index contributed by atoms with van der Waals surface area (Å²) < 4.78 is 0. The fourth-order valence-corrected chi connectivity index (χ4v) is 3.53. The molecule has 0 spiro atoms. The Kier molecular flexibility index (Phi) is 5.70. The molecule has 0 unspecified atom stereocenters. The lowest BCUT2D eigenvalue weighted by Gasteiger charge is -2.08. The third-order valence-electron chi connectivity index (χ3n) is 5.08. The van der Waals surface area contributed by atoms with E-state index in [-0.39, 0.29) is 0 Å². The number of fused-ring (bicyclic) bond motifs is 1. The third kappa shape index (κ3) is 4.37. The Morgan fingerprint density at radius 2 is 1.76 bits per heavy atom. The summed E-state index contributed by atoms with van der Waals surface area (Å²) in [5.41, 5.74) is 7.91. The minimum Gasteiger partial charge on any atom is -0.361 e. The second-order valence-corrected chi connectivity index (χ2v) is 7.00. The predicted molar refractivity (Wildman–Crippen MR) is 115 cm³/mol. The van der Waals surface area contributed by atoms with E-state index in [2.05, 4.69) is 52.9 Å². The van der Waals surface area contributed by atoms with E-state index >= 15 is 0 Å². The van der Waals surface area contributed by atoms with Gasteiger partial charge in [0, 0.05) is 29.2 Å². The number of hydrogen-bond acceptors (Lipinski definition) is 3. The van der Waals surface area contributed by atoms with Gasteiger partial charge in [0.05, 0.1) is 0 Å². The average Bonchev–Trinajstić information content (AvgIpc) is 3.19. The van der Waals surface area contributed by atoms with Gasteiger partial charge in [-0.25, -0.2) is 5.48 Å². The monoisotopic (exact) mass is 385 g/mol. The van der Waals surface area contributed by atoms with E-state index in [1.54, 1.807) is 17.6 Å². The van der Waals surface area contributed by atoms with E-state index in [1.165, 1.54) is 22.0 Å². The van der Waals surface area contributed by atoms with Gasteiger partial charge >= 0.3 is 0 Å². The molecule has 0 fully saturated rings. The summed E-state index contributed by atoms with van der Waals surface area (Å²) in [6, 6.07) is 23.9. The van der Waals surface area contributed by atoms with Crippen LogP contribution in [0.1, 0.15) is 21.5 Å². The van der Waals surface area contributed by atoms with Gasteiger partial charge in [0.25, 0.3) is 5.91 Å². The standard InChI is InChI=1S/C24H23N3O2/c28-24(27-29)19-10-8-18(9-11-19)20-5-3-4-17(14-20)15-25-13-12-21-16-26-23-7-2-1-6-22(21)23/h1-11,14,16,25-26,29H,12-13,15H2,(H,27,28). The fraction of sp³-hybridized carbons (Fsp3) is 0.125. The molecule has 4 aromatic rings. The van der Waals surface area contributed by atoms with Gasteiger partial charge in [0.1, 0.15) is 0 Å². The number of hydrogen-bond donors (Lipinski definition) is 4. The summed E-state index contributed by atoms with van der Waals surface area (Å²) in [6.45, 7) is 1.69. The van der Waals surface area contributed by atoms with E-state index < -0.39 is 5.91 Å². The first-order valence-electron chi connectivity index (χ1n) is 9.64. The van der Waals surface area contributed by atoms with Crippen LogP contribution in [0.3, 0.4) is 0 Å². The molecule has 0 saturated heterocycles. The lowest BCUT2D eigenvalue weighted by molar-refractivity contribution is 0.0706. The quantitative estimate of drug-likeness (QED) is 0.218. The van der Waals surface area contributed by atoms with Crippen LogP contribution >= 0.6 is 0 Å². The number of carbonyl (C=O) groups excluding carboxylic acids is 1. The number of para-hydroxylation sites is 1. The third-order valence-corrected chi connectivity index (χ3v) is 5.08. The summed E-state index contributed by atoms with van der Waals surface area (Å²) in [5.74, 6) is -0.510. The summed E-state index contributed by atoms with van der Waals surface area (Å²) in [6.07, 6.45) is 3.06. The molecule has 0 aliphatic carbocycles. The number of benzene rings is 3. The predicted octanol–water partition coefficient (Wildman–Crippen LogP) is 4.29. The van der Waals surface area contributed by atoms with Crippen molar-refractivity contribution in [2.75, 3.05) is 6.54 Å². The number of amides is 1. The molecule has 1 aromatic heterocycles. The average molecular weight is 385 g/mol. The maximum absolute atomic E-state index is 11.4. The van der Waals surface area contributed by atoms with Gasteiger partial charge in [-0.15, -0.1) is 0 Å². The van der Waals surface area contributed by atoms with Crippen LogP contribution in [0.2, 0.25) is 0 Å². The van der Waals surface area contributed by atoms with Crippen molar-refractivity contribution in [3.05, 3.63) is 95.7 Å². The summed E-state index contributed by atoms with van der Waals surface area (Å²) in [5, 5.41) is 13.5. The second-order valence-electron chi connectivity index (χ2n) is 7.00. The van der Waals surface area contributed by atoms with Gasteiger partial charge in [0.2, 0.25) is 0 Å². The van der Waals surface area contributed by atoms with E-state index in [9.17, 15) is 4.79 Å². The molecule has 3 aromatic carbocycles. The van der Waals surface area contributed by atoms with E-state index in [4.69, 9.17) is 5.21 Å². The first kappa shape index (κ1) is 18.9. The molecule has 0 aliphatic heterocycles. The smallest absolute Gasteiger partial charge is 0.274 e. The van der Waals surface area contributed by atoms with Crippen molar-refractivity contribution in [3.8, 4) is 11.1 Å². The number of hydroxylamine groups is 1. The molecule has 5 nitrogen and oxygen atoms in total. The number of aromatic amines is 1. The molecule has 0 bridgehead atoms. The Morgan fingerprint density at radius 1 is 0.931 bits per heavy atom. The highest BCUT2D eigenvalue weighted by Crippen LogP contribution is 2.21. The van der Waals surface area contributed by atoms with Gasteiger partial charge in [-0.1, -0.05) is 48.5 Å². The largest absolute Gasteiger partial charge is 0.361 e. The zero-order chi connectivity index (χ0) is 20.1. The molecular weight excluding hydrogens is 362 g/mol. The minimum absolute atomic E-state index is 0.423. The van der Waals surface area contributed by atoms with Crippen molar-refractivity contribution in [1.29, 1.82) is 0 Å². The Labute approximate surface area is 169 Å². The molecule has 0 radical (unpaired) electrons. The van der Waals surface area contributed by atoms with Crippen LogP contribution in [0.4, 0.5) is 0 Å². The van der Waals surface area contributed by atoms with Crippen LogP contribution in [-0.2, 0) is 13.0 Å². The Hall–Kier alpha value is -3.41. The van der Waals surface area contributed by atoms with Crippen molar-refractivity contribution in [2.24, 2.45) is 0 Å². The van der Waals surface area contributed by atoms with Crippen molar-refractivity contribution in [2.45, 2.75) is 13.0 Å². The first-order chi connectivity index (χ1) is 14.2. The zero-order valence-corrected chi connectivity index (χ0v) is 16.0. The van der Waals surface area contributed by atoms with Crippen LogP contribution in [0.25, 0.3) is 22.0 Å². The normalized spacial score (nSPS) is 10.9. The molecular formula is C24H23N3O2. The SMILES string of the molecule is O=C(NO)c1ccc(-c2cccc(CNCCc3c[nH]c4ccccc34)c2)cc1. The number of rotatable bonds is 7. The molecule has 29 heavy (non-hydrogen) atoms. The highest BCUT2D eigenvalue weighted by molar-refractivity contribution is 5.93. The lowest BCUT2D eigenvalue weighted by Crippen LogP contribution is -2.18. The summed E-state index contributed by atoms with van der Waals surface area (Å²) in [7, 11) is 0. The fourth-order valence-electron chi connectivity index (χ4n) is 3.53. The van der Waals surface area contributed by atoms with Crippen LogP contribution < -0.4 is 10.8 Å². The first-order valence-corrected chi connectivity index (χ1v) is 9.64. The number of carbonyl (C=O) groups is 1. The Balaban J connectivity index is 1.36. The Morgan fingerprint density at radius 3 is 2.59 bits per heavy atom.